The van der Waals surface area contributed by atoms with E-state index in [-0.39, 0.29) is 6.09 Å². The highest BCUT2D eigenvalue weighted by Gasteiger charge is 2.18. The van der Waals surface area contributed by atoms with Gasteiger partial charge < -0.3 is 15.0 Å². The SMILES string of the molecule is C[C@@H]1CCN(C(=O)OCc2ccccc2)CCN1. The number of amides is 1. The molecule has 0 aromatic heterocycles. The first-order valence-electron chi connectivity index (χ1n) is 6.45. The van der Waals surface area contributed by atoms with Gasteiger partial charge in [0.25, 0.3) is 0 Å². The molecule has 1 aliphatic heterocycles. The van der Waals surface area contributed by atoms with Crippen LogP contribution in [0.4, 0.5) is 4.79 Å². The molecule has 0 radical (unpaired) electrons. The van der Waals surface area contributed by atoms with Crippen molar-refractivity contribution in [2.24, 2.45) is 0 Å². The highest BCUT2D eigenvalue weighted by Crippen LogP contribution is 2.06. The molecule has 4 heteroatoms. The van der Waals surface area contributed by atoms with Gasteiger partial charge in [0, 0.05) is 25.7 Å². The molecule has 1 amide bonds. The zero-order valence-electron chi connectivity index (χ0n) is 10.8. The lowest BCUT2D eigenvalue weighted by atomic mass is 10.2. The number of rotatable bonds is 2. The topological polar surface area (TPSA) is 41.6 Å². The third-order valence-electron chi connectivity index (χ3n) is 3.17. The van der Waals surface area contributed by atoms with Gasteiger partial charge in [0.05, 0.1) is 0 Å². The monoisotopic (exact) mass is 248 g/mol. The third-order valence-corrected chi connectivity index (χ3v) is 3.17. The molecule has 4 nitrogen and oxygen atoms in total. The van der Waals surface area contributed by atoms with Crippen molar-refractivity contribution in [2.45, 2.75) is 26.0 Å². The highest BCUT2D eigenvalue weighted by atomic mass is 16.6. The van der Waals surface area contributed by atoms with Crippen molar-refractivity contribution in [3.05, 3.63) is 35.9 Å². The molecule has 1 aromatic rings. The second-order valence-electron chi connectivity index (χ2n) is 4.67. The summed E-state index contributed by atoms with van der Waals surface area (Å²) in [6.07, 6.45) is 0.759. The molecule has 0 unspecified atom stereocenters. The van der Waals surface area contributed by atoms with E-state index in [2.05, 4.69) is 12.2 Å². The molecular formula is C14H20N2O2. The van der Waals surface area contributed by atoms with Gasteiger partial charge in [-0.2, -0.15) is 0 Å². The standard InChI is InChI=1S/C14H20N2O2/c1-12-7-9-16(10-8-15-12)14(17)18-11-13-5-3-2-4-6-13/h2-6,12,15H,7-11H2,1H3/t12-/m1/s1. The Balaban J connectivity index is 1.80. The molecule has 0 aliphatic carbocycles. The van der Waals surface area contributed by atoms with Gasteiger partial charge in [-0.1, -0.05) is 30.3 Å². The molecule has 1 fully saturated rings. The van der Waals surface area contributed by atoms with Crippen molar-refractivity contribution in [3.63, 3.8) is 0 Å². The van der Waals surface area contributed by atoms with Crippen LogP contribution in [-0.4, -0.2) is 36.7 Å². The van der Waals surface area contributed by atoms with Crippen LogP contribution in [0.2, 0.25) is 0 Å². The van der Waals surface area contributed by atoms with Gasteiger partial charge in [-0.15, -0.1) is 0 Å². The first-order valence-corrected chi connectivity index (χ1v) is 6.45. The third kappa shape index (κ3) is 3.74. The highest BCUT2D eigenvalue weighted by molar-refractivity contribution is 5.67. The van der Waals surface area contributed by atoms with Crippen molar-refractivity contribution in [3.8, 4) is 0 Å². The van der Waals surface area contributed by atoms with E-state index in [1.165, 1.54) is 0 Å². The second-order valence-corrected chi connectivity index (χ2v) is 4.67. The van der Waals surface area contributed by atoms with Crippen LogP contribution in [0, 0.1) is 0 Å². The summed E-state index contributed by atoms with van der Waals surface area (Å²) in [5.74, 6) is 0. The summed E-state index contributed by atoms with van der Waals surface area (Å²) in [5.41, 5.74) is 1.02. The number of carbonyl (C=O) groups is 1. The number of hydrogen-bond acceptors (Lipinski definition) is 3. The van der Waals surface area contributed by atoms with Gasteiger partial charge in [-0.3, -0.25) is 0 Å². The Morgan fingerprint density at radius 1 is 1.39 bits per heavy atom. The molecule has 1 heterocycles. The lowest BCUT2D eigenvalue weighted by Gasteiger charge is -2.19. The maximum atomic E-state index is 11.9. The molecule has 0 bridgehead atoms. The molecule has 1 atom stereocenters. The smallest absolute Gasteiger partial charge is 0.410 e. The van der Waals surface area contributed by atoms with E-state index in [1.54, 1.807) is 4.90 Å². The molecular weight excluding hydrogens is 228 g/mol. The van der Waals surface area contributed by atoms with Crippen molar-refractivity contribution in [1.29, 1.82) is 0 Å². The second kappa shape index (κ2) is 6.40. The lowest BCUT2D eigenvalue weighted by molar-refractivity contribution is 0.0983. The maximum Gasteiger partial charge on any atom is 0.410 e. The fraction of sp³-hybridized carbons (Fsp3) is 0.500. The largest absolute Gasteiger partial charge is 0.445 e. The van der Waals surface area contributed by atoms with Gasteiger partial charge in [0.15, 0.2) is 0 Å². The maximum absolute atomic E-state index is 11.9. The molecule has 18 heavy (non-hydrogen) atoms. The van der Waals surface area contributed by atoms with E-state index in [1.807, 2.05) is 30.3 Å². The lowest BCUT2D eigenvalue weighted by Crippen LogP contribution is -2.34. The average Bonchev–Trinajstić information content (AvgIpc) is 2.62. The first-order chi connectivity index (χ1) is 8.75. The van der Waals surface area contributed by atoms with E-state index >= 15 is 0 Å². The summed E-state index contributed by atoms with van der Waals surface area (Å²) in [6.45, 7) is 4.80. The van der Waals surface area contributed by atoms with Crippen LogP contribution in [0.25, 0.3) is 0 Å². The van der Waals surface area contributed by atoms with Crippen LogP contribution in [0.1, 0.15) is 18.9 Å². The molecule has 0 spiro atoms. The van der Waals surface area contributed by atoms with Crippen molar-refractivity contribution >= 4 is 6.09 Å². The fourth-order valence-electron chi connectivity index (χ4n) is 2.00. The Morgan fingerprint density at radius 3 is 2.94 bits per heavy atom. The summed E-state index contributed by atoms with van der Waals surface area (Å²) in [4.78, 5) is 13.7. The summed E-state index contributed by atoms with van der Waals surface area (Å²) in [5, 5.41) is 3.35. The summed E-state index contributed by atoms with van der Waals surface area (Å²) < 4.78 is 5.32. The van der Waals surface area contributed by atoms with Crippen molar-refractivity contribution in [2.75, 3.05) is 19.6 Å². The zero-order valence-corrected chi connectivity index (χ0v) is 10.8. The Kier molecular flexibility index (Phi) is 4.59. The molecule has 1 saturated heterocycles. The molecule has 0 saturated carbocycles. The van der Waals surface area contributed by atoms with Crippen LogP contribution in [0.5, 0.6) is 0 Å². The average molecular weight is 248 g/mol. The quantitative estimate of drug-likeness (QED) is 0.870. The number of hydrogen-bond donors (Lipinski definition) is 1. The van der Waals surface area contributed by atoms with Crippen LogP contribution in [0.15, 0.2) is 30.3 Å². The minimum absolute atomic E-state index is 0.213. The van der Waals surface area contributed by atoms with Gasteiger partial charge in [-0.25, -0.2) is 4.79 Å². The Labute approximate surface area is 108 Å². The van der Waals surface area contributed by atoms with Crippen LogP contribution < -0.4 is 5.32 Å². The van der Waals surface area contributed by atoms with E-state index in [9.17, 15) is 4.79 Å². The van der Waals surface area contributed by atoms with E-state index in [0.29, 0.717) is 12.6 Å². The van der Waals surface area contributed by atoms with Gasteiger partial charge in [-0.05, 0) is 18.9 Å². The normalized spacial score (nSPS) is 20.3. The van der Waals surface area contributed by atoms with Gasteiger partial charge in [0.2, 0.25) is 0 Å². The minimum Gasteiger partial charge on any atom is -0.445 e. The Morgan fingerprint density at radius 2 is 2.17 bits per heavy atom. The fourth-order valence-corrected chi connectivity index (χ4v) is 2.00. The van der Waals surface area contributed by atoms with E-state index in [4.69, 9.17) is 4.74 Å². The number of benzene rings is 1. The summed E-state index contributed by atoms with van der Waals surface area (Å²) in [7, 11) is 0. The molecule has 1 aliphatic rings. The van der Waals surface area contributed by atoms with Crippen LogP contribution in [-0.2, 0) is 11.3 Å². The summed E-state index contributed by atoms with van der Waals surface area (Å²) >= 11 is 0. The molecule has 2 rings (SSSR count). The van der Waals surface area contributed by atoms with Gasteiger partial charge in [0.1, 0.15) is 6.61 Å². The number of carbonyl (C=O) groups excluding carboxylic acids is 1. The zero-order chi connectivity index (χ0) is 12.8. The van der Waals surface area contributed by atoms with Crippen molar-refractivity contribution in [1.82, 2.24) is 10.2 Å². The molecule has 98 valence electrons. The number of nitrogens with one attached hydrogen (secondary N) is 1. The predicted octanol–water partition coefficient (Wildman–Crippen LogP) is 2.01. The van der Waals surface area contributed by atoms with Gasteiger partial charge >= 0.3 is 6.09 Å². The number of ether oxygens (including phenoxy) is 1. The van der Waals surface area contributed by atoms with Crippen LogP contribution >= 0.6 is 0 Å². The Bertz CT molecular complexity index is 381. The first kappa shape index (κ1) is 12.9. The molecule has 1 N–H and O–H groups in total. The predicted molar refractivity (Wildman–Crippen MR) is 70.3 cm³/mol. The molecule has 1 aromatic carbocycles. The summed E-state index contributed by atoms with van der Waals surface area (Å²) in [6, 6.07) is 10.2. The van der Waals surface area contributed by atoms with E-state index in [0.717, 1.165) is 31.6 Å². The Hall–Kier alpha value is -1.55. The van der Waals surface area contributed by atoms with Crippen LogP contribution in [0.3, 0.4) is 0 Å². The minimum atomic E-state index is -0.213. The van der Waals surface area contributed by atoms with E-state index < -0.39 is 0 Å². The van der Waals surface area contributed by atoms with Crippen molar-refractivity contribution < 1.29 is 9.53 Å². The number of nitrogens with zero attached hydrogens (tertiary/aromatic N) is 1.